The molecule has 0 radical (unpaired) electrons. The molecule has 49 heavy (non-hydrogen) atoms. The monoisotopic (exact) mass is 687 g/mol. The minimum Gasteiger partial charge on any atom is -0.444 e. The van der Waals surface area contributed by atoms with Gasteiger partial charge in [0.05, 0.1) is 9.79 Å². The molecule has 0 saturated carbocycles. The van der Waals surface area contributed by atoms with Gasteiger partial charge in [-0.15, -0.1) is 4.36 Å². The Bertz CT molecular complexity index is 1970. The second-order valence-electron chi connectivity index (χ2n) is 13.8. The number of amides is 2. The first kappa shape index (κ1) is 36.9. The Kier molecular flexibility index (Phi) is 11.1. The zero-order valence-corrected chi connectivity index (χ0v) is 29.8. The number of hydrogen-bond acceptors (Lipinski definition) is 7. The van der Waals surface area contributed by atoms with Crippen LogP contribution < -0.4 is 5.32 Å². The number of carbonyl (C=O) groups is 3. The van der Waals surface area contributed by atoms with Crippen molar-refractivity contribution in [3.05, 3.63) is 108 Å². The molecule has 0 spiro atoms. The lowest BCUT2D eigenvalue weighted by Crippen LogP contribution is -2.27. The summed E-state index contributed by atoms with van der Waals surface area (Å²) >= 11 is 0. The van der Waals surface area contributed by atoms with Gasteiger partial charge in [0.25, 0.3) is 0 Å². The summed E-state index contributed by atoms with van der Waals surface area (Å²) in [6, 6.07) is 18.9. The summed E-state index contributed by atoms with van der Waals surface area (Å²) in [4.78, 5) is 43.9. The molecule has 0 aliphatic carbocycles. The molecule has 1 aromatic heterocycles. The van der Waals surface area contributed by atoms with Crippen LogP contribution in [-0.2, 0) is 25.6 Å². The molecule has 258 valence electrons. The molecule has 0 fully saturated rings. The average molecular weight is 688 g/mol. The Morgan fingerprint density at radius 3 is 2.02 bits per heavy atom. The van der Waals surface area contributed by atoms with E-state index in [-0.39, 0.29) is 33.7 Å². The van der Waals surface area contributed by atoms with E-state index in [1.54, 1.807) is 84.1 Å². The van der Waals surface area contributed by atoms with E-state index in [0.29, 0.717) is 22.4 Å². The summed E-state index contributed by atoms with van der Waals surface area (Å²) < 4.78 is 43.1. The molecule has 1 unspecified atom stereocenters. The molecular formula is C38H42FN3O6S. The van der Waals surface area contributed by atoms with Crippen molar-refractivity contribution in [3.8, 4) is 11.1 Å². The van der Waals surface area contributed by atoms with Crippen molar-refractivity contribution in [1.82, 2.24) is 4.98 Å². The van der Waals surface area contributed by atoms with Gasteiger partial charge in [-0.25, -0.2) is 18.2 Å². The first-order valence-electron chi connectivity index (χ1n) is 15.8. The number of aromatic nitrogens is 1. The number of hydrogen-bond donors (Lipinski definition) is 1. The molecule has 1 atom stereocenters. The van der Waals surface area contributed by atoms with Gasteiger partial charge in [0.1, 0.15) is 26.7 Å². The highest BCUT2D eigenvalue weighted by atomic mass is 32.2. The van der Waals surface area contributed by atoms with E-state index in [1.165, 1.54) is 42.6 Å². The van der Waals surface area contributed by atoms with Gasteiger partial charge in [-0.3, -0.25) is 15.1 Å². The van der Waals surface area contributed by atoms with Crippen molar-refractivity contribution in [2.45, 2.75) is 88.7 Å². The molecule has 9 nitrogen and oxygen atoms in total. The second kappa shape index (κ2) is 14.7. The van der Waals surface area contributed by atoms with E-state index in [2.05, 4.69) is 14.7 Å². The summed E-state index contributed by atoms with van der Waals surface area (Å²) in [6.07, 6.45) is 1.30. The van der Waals surface area contributed by atoms with Crippen LogP contribution >= 0.6 is 0 Å². The van der Waals surface area contributed by atoms with Crippen molar-refractivity contribution in [2.24, 2.45) is 4.36 Å². The SMILES string of the molecule is CC(C)c1cncc(S(=O)(=NC(=O)OC(C)(C)C)c2ccc(C(=O)Cc3cc(-c4ccc(F)cc4)ccc3NC(=O)OC(C)(C)C)cc2)c1. The first-order valence-corrected chi connectivity index (χ1v) is 17.3. The molecule has 0 aliphatic rings. The zero-order chi connectivity index (χ0) is 36.1. The number of pyridine rings is 1. The lowest BCUT2D eigenvalue weighted by atomic mass is 9.97. The first-order chi connectivity index (χ1) is 22.8. The van der Waals surface area contributed by atoms with Crippen LogP contribution in [0.3, 0.4) is 0 Å². The highest BCUT2D eigenvalue weighted by Crippen LogP contribution is 2.30. The third-order valence-corrected chi connectivity index (χ3v) is 9.26. The molecule has 0 saturated heterocycles. The molecule has 3 aromatic carbocycles. The maximum absolute atomic E-state index is 14.6. The van der Waals surface area contributed by atoms with Gasteiger partial charge < -0.3 is 9.47 Å². The molecular weight excluding hydrogens is 645 g/mol. The lowest BCUT2D eigenvalue weighted by molar-refractivity contribution is 0.0603. The van der Waals surface area contributed by atoms with Crippen molar-refractivity contribution in [3.63, 3.8) is 0 Å². The maximum atomic E-state index is 14.6. The fraction of sp³-hybridized carbons (Fsp3) is 0.316. The summed E-state index contributed by atoms with van der Waals surface area (Å²) in [7, 11) is -3.56. The zero-order valence-electron chi connectivity index (χ0n) is 29.0. The molecule has 0 bridgehead atoms. The highest BCUT2D eigenvalue weighted by molar-refractivity contribution is 7.94. The van der Waals surface area contributed by atoms with E-state index in [4.69, 9.17) is 9.47 Å². The van der Waals surface area contributed by atoms with Crippen LogP contribution in [0.25, 0.3) is 11.1 Å². The standard InChI is InChI=1S/C38H42FN3O6S/c1-24(2)29-20-32(23-40-22-29)49(46,42-36(45)48-38(6,7)8)31-16-11-26(12-17-31)34(43)21-28-19-27(25-9-14-30(39)15-10-25)13-18-33(28)41-35(44)47-37(3,4)5/h9-20,22-24H,21H2,1-8H3,(H,41,44). The number of Topliss-reactive ketones (excluding diaryl/α,β-unsaturated/α-hetero) is 1. The smallest absolute Gasteiger partial charge is 0.442 e. The van der Waals surface area contributed by atoms with Crippen LogP contribution in [0, 0.1) is 5.82 Å². The number of nitrogens with zero attached hydrogens (tertiary/aromatic N) is 2. The average Bonchev–Trinajstić information content (AvgIpc) is 3.00. The van der Waals surface area contributed by atoms with E-state index in [9.17, 15) is 23.0 Å². The second-order valence-corrected chi connectivity index (χ2v) is 16.0. The van der Waals surface area contributed by atoms with E-state index in [0.717, 1.165) is 11.1 Å². The Morgan fingerprint density at radius 1 is 0.816 bits per heavy atom. The largest absolute Gasteiger partial charge is 0.444 e. The van der Waals surface area contributed by atoms with Gasteiger partial charge in [-0.05, 0) is 112 Å². The Labute approximate surface area is 287 Å². The number of rotatable bonds is 8. The molecule has 2 amide bonds. The Morgan fingerprint density at radius 2 is 1.43 bits per heavy atom. The van der Waals surface area contributed by atoms with Crippen molar-refractivity contribution in [2.75, 3.05) is 5.32 Å². The topological polar surface area (TPSA) is 124 Å². The van der Waals surface area contributed by atoms with Gasteiger partial charge >= 0.3 is 12.2 Å². The van der Waals surface area contributed by atoms with Gasteiger partial charge in [-0.1, -0.05) is 44.2 Å². The van der Waals surface area contributed by atoms with Crippen LogP contribution in [-0.4, -0.2) is 38.4 Å². The van der Waals surface area contributed by atoms with Gasteiger partial charge in [-0.2, -0.15) is 0 Å². The fourth-order valence-corrected chi connectivity index (χ4v) is 6.46. The van der Waals surface area contributed by atoms with Crippen LogP contribution in [0.15, 0.2) is 99.3 Å². The number of ether oxygens (including phenoxy) is 2. The predicted octanol–water partition coefficient (Wildman–Crippen LogP) is 9.60. The molecule has 1 heterocycles. The van der Waals surface area contributed by atoms with Crippen molar-refractivity contribution < 1.29 is 32.5 Å². The third-order valence-electron chi connectivity index (χ3n) is 7.08. The van der Waals surface area contributed by atoms with Crippen molar-refractivity contribution in [1.29, 1.82) is 0 Å². The number of carbonyl (C=O) groups excluding carboxylic acids is 3. The van der Waals surface area contributed by atoms with E-state index in [1.807, 2.05) is 13.8 Å². The number of nitrogens with one attached hydrogen (secondary N) is 1. The Hall–Kier alpha value is -4.90. The maximum Gasteiger partial charge on any atom is 0.442 e. The number of benzene rings is 3. The van der Waals surface area contributed by atoms with Crippen LogP contribution in [0.5, 0.6) is 0 Å². The van der Waals surface area contributed by atoms with Crippen LogP contribution in [0.4, 0.5) is 19.7 Å². The number of halogens is 1. The molecule has 11 heteroatoms. The minimum atomic E-state index is -3.56. The summed E-state index contributed by atoms with van der Waals surface area (Å²) in [6.45, 7) is 14.2. The predicted molar refractivity (Wildman–Crippen MR) is 188 cm³/mol. The summed E-state index contributed by atoms with van der Waals surface area (Å²) in [5.74, 6) is -0.597. The quantitative estimate of drug-likeness (QED) is 0.183. The summed E-state index contributed by atoms with van der Waals surface area (Å²) in [5, 5.41) is 2.73. The number of anilines is 1. The van der Waals surface area contributed by atoms with Crippen LogP contribution in [0.2, 0.25) is 0 Å². The normalized spacial score (nSPS) is 12.9. The Balaban J connectivity index is 1.71. The van der Waals surface area contributed by atoms with Gasteiger partial charge in [0.15, 0.2) is 5.78 Å². The molecule has 1 N–H and O–H groups in total. The van der Waals surface area contributed by atoms with E-state index >= 15 is 0 Å². The third kappa shape index (κ3) is 10.1. The fourth-order valence-electron chi connectivity index (χ4n) is 4.73. The number of ketones is 1. The molecule has 4 aromatic rings. The molecule has 0 aliphatic heterocycles. The molecule has 4 rings (SSSR count). The lowest BCUT2D eigenvalue weighted by Gasteiger charge is -2.21. The highest BCUT2D eigenvalue weighted by Gasteiger charge is 2.24. The van der Waals surface area contributed by atoms with Gasteiger partial charge in [0, 0.05) is 30.1 Å². The summed E-state index contributed by atoms with van der Waals surface area (Å²) in [5.41, 5.74) is 1.83. The minimum absolute atomic E-state index is 0.0777. The van der Waals surface area contributed by atoms with E-state index < -0.39 is 33.1 Å². The van der Waals surface area contributed by atoms with Gasteiger partial charge in [0.2, 0.25) is 0 Å². The van der Waals surface area contributed by atoms with Crippen LogP contribution in [0.1, 0.15) is 82.8 Å². The van der Waals surface area contributed by atoms with Crippen molar-refractivity contribution >= 4 is 33.4 Å².